The zero-order valence-electron chi connectivity index (χ0n) is 26.1. The molecule has 0 aliphatic rings. The molecule has 1 heterocycles. The summed E-state index contributed by atoms with van der Waals surface area (Å²) in [6, 6.07) is 61.7. The number of rotatable bonds is 5. The van der Waals surface area contributed by atoms with E-state index in [4.69, 9.17) is 15.0 Å². The van der Waals surface area contributed by atoms with Gasteiger partial charge in [0.05, 0.1) is 0 Å². The zero-order valence-corrected chi connectivity index (χ0v) is 26.1. The van der Waals surface area contributed by atoms with E-state index in [1.807, 2.05) is 18.2 Å². The molecule has 0 radical (unpaired) electrons. The maximum atomic E-state index is 5.16. The van der Waals surface area contributed by atoms with E-state index in [0.717, 1.165) is 32.8 Å². The Labute approximate surface area is 278 Å². The summed E-state index contributed by atoms with van der Waals surface area (Å²) in [5.41, 5.74) is 7.68. The van der Waals surface area contributed by atoms with Gasteiger partial charge in [0.1, 0.15) is 0 Å². The van der Waals surface area contributed by atoms with E-state index in [-0.39, 0.29) is 0 Å². The fourth-order valence-corrected chi connectivity index (χ4v) is 6.83. The molecule has 0 unspecified atom stereocenters. The molecule has 8 aromatic carbocycles. The van der Waals surface area contributed by atoms with Crippen molar-refractivity contribution in [3.63, 3.8) is 0 Å². The van der Waals surface area contributed by atoms with Crippen molar-refractivity contribution in [2.45, 2.75) is 0 Å². The molecule has 0 saturated heterocycles. The van der Waals surface area contributed by atoms with Gasteiger partial charge in [-0.2, -0.15) is 0 Å². The number of nitrogens with zero attached hydrogens (tertiary/aromatic N) is 3. The summed E-state index contributed by atoms with van der Waals surface area (Å²) < 4.78 is 0. The van der Waals surface area contributed by atoms with E-state index in [9.17, 15) is 0 Å². The highest BCUT2D eigenvalue weighted by atomic mass is 15.0. The van der Waals surface area contributed by atoms with Crippen LogP contribution in [0.1, 0.15) is 0 Å². The molecule has 224 valence electrons. The molecule has 0 spiro atoms. The number of fused-ring (bicyclic) bond motifs is 3. The molecule has 0 aliphatic carbocycles. The number of hydrogen-bond acceptors (Lipinski definition) is 3. The van der Waals surface area contributed by atoms with Crippen LogP contribution >= 0.6 is 0 Å². The monoisotopic (exact) mass is 611 g/mol. The largest absolute Gasteiger partial charge is 0.208 e. The summed E-state index contributed by atoms with van der Waals surface area (Å²) in [6.07, 6.45) is 0. The third-order valence-electron chi connectivity index (χ3n) is 9.13. The molecule has 9 aromatic rings. The summed E-state index contributed by atoms with van der Waals surface area (Å²) in [5, 5.41) is 7.08. The first-order valence-corrected chi connectivity index (χ1v) is 16.2. The lowest BCUT2D eigenvalue weighted by atomic mass is 9.93. The molecule has 1 aromatic heterocycles. The van der Waals surface area contributed by atoms with Crippen molar-refractivity contribution in [3.8, 4) is 56.4 Å². The molecule has 0 atom stereocenters. The topological polar surface area (TPSA) is 38.7 Å². The lowest BCUT2D eigenvalue weighted by Gasteiger charge is -2.13. The second-order valence-corrected chi connectivity index (χ2v) is 12.0. The van der Waals surface area contributed by atoms with E-state index < -0.39 is 0 Å². The summed E-state index contributed by atoms with van der Waals surface area (Å²) in [6.45, 7) is 0. The van der Waals surface area contributed by atoms with Crippen LogP contribution in [0.4, 0.5) is 0 Å². The fraction of sp³-hybridized carbons (Fsp3) is 0. The second-order valence-electron chi connectivity index (χ2n) is 12.0. The minimum absolute atomic E-state index is 0.646. The van der Waals surface area contributed by atoms with Gasteiger partial charge in [0.2, 0.25) is 0 Å². The van der Waals surface area contributed by atoms with Gasteiger partial charge in [-0.05, 0) is 60.6 Å². The SMILES string of the molecule is c1ccc(-c2nc(-c3ccc4c(-c5cccc6ccccc56)cccc4c3)nc(-c3cccc4c(-c5ccccc5)cccc34)n2)cc1. The zero-order chi connectivity index (χ0) is 31.9. The second kappa shape index (κ2) is 11.7. The van der Waals surface area contributed by atoms with Gasteiger partial charge in [0.15, 0.2) is 17.5 Å². The predicted octanol–water partition coefficient (Wildman–Crippen LogP) is 11.7. The van der Waals surface area contributed by atoms with Crippen molar-refractivity contribution in [3.05, 3.63) is 176 Å². The first-order valence-electron chi connectivity index (χ1n) is 16.2. The normalized spacial score (nSPS) is 11.3. The maximum absolute atomic E-state index is 5.16. The van der Waals surface area contributed by atoms with Gasteiger partial charge in [-0.25, -0.2) is 15.0 Å². The Bertz CT molecular complexity index is 2600. The van der Waals surface area contributed by atoms with Crippen LogP contribution in [0.3, 0.4) is 0 Å². The third-order valence-corrected chi connectivity index (χ3v) is 9.13. The standard InChI is InChI=1S/C45H29N3/c1-3-13-30(14-4-1)36-21-11-25-41-39(36)24-12-26-42(41)45-47-43(32-16-5-2-6-17-32)46-44(48-45)34-27-28-37-33(29-34)19-10-23-40(37)38-22-9-18-31-15-7-8-20-35(31)38/h1-29H. The molecule has 48 heavy (non-hydrogen) atoms. The van der Waals surface area contributed by atoms with E-state index in [1.54, 1.807) is 0 Å². The van der Waals surface area contributed by atoms with Crippen molar-refractivity contribution in [1.29, 1.82) is 0 Å². The van der Waals surface area contributed by atoms with Crippen molar-refractivity contribution in [2.24, 2.45) is 0 Å². The van der Waals surface area contributed by atoms with E-state index in [0.29, 0.717) is 17.5 Å². The van der Waals surface area contributed by atoms with Crippen molar-refractivity contribution >= 4 is 32.3 Å². The Hall–Kier alpha value is -6.45. The Morgan fingerprint density at radius 1 is 0.250 bits per heavy atom. The Kier molecular flexibility index (Phi) is 6.80. The molecular formula is C45H29N3. The predicted molar refractivity (Wildman–Crippen MR) is 200 cm³/mol. The van der Waals surface area contributed by atoms with Gasteiger partial charge in [0.25, 0.3) is 0 Å². The number of benzene rings is 8. The van der Waals surface area contributed by atoms with E-state index in [1.165, 1.54) is 38.4 Å². The van der Waals surface area contributed by atoms with Gasteiger partial charge in [-0.15, -0.1) is 0 Å². The lowest BCUT2D eigenvalue weighted by molar-refractivity contribution is 1.08. The smallest absolute Gasteiger partial charge is 0.164 e. The van der Waals surface area contributed by atoms with Crippen LogP contribution in [-0.4, -0.2) is 15.0 Å². The van der Waals surface area contributed by atoms with Crippen LogP contribution in [0.2, 0.25) is 0 Å². The quantitative estimate of drug-likeness (QED) is 0.194. The van der Waals surface area contributed by atoms with Crippen molar-refractivity contribution < 1.29 is 0 Å². The molecule has 0 saturated carbocycles. The summed E-state index contributed by atoms with van der Waals surface area (Å²) in [5.74, 6) is 1.95. The number of aromatic nitrogens is 3. The summed E-state index contributed by atoms with van der Waals surface area (Å²) in [7, 11) is 0. The Morgan fingerprint density at radius 3 is 1.48 bits per heavy atom. The Morgan fingerprint density at radius 2 is 0.729 bits per heavy atom. The third kappa shape index (κ3) is 4.90. The molecular weight excluding hydrogens is 583 g/mol. The van der Waals surface area contributed by atoms with E-state index in [2.05, 4.69) is 158 Å². The maximum Gasteiger partial charge on any atom is 0.164 e. The van der Waals surface area contributed by atoms with Crippen molar-refractivity contribution in [2.75, 3.05) is 0 Å². The van der Waals surface area contributed by atoms with Crippen LogP contribution in [0, 0.1) is 0 Å². The van der Waals surface area contributed by atoms with Crippen molar-refractivity contribution in [1.82, 2.24) is 15.0 Å². The van der Waals surface area contributed by atoms with E-state index >= 15 is 0 Å². The first kappa shape index (κ1) is 27.8. The van der Waals surface area contributed by atoms with Crippen LogP contribution < -0.4 is 0 Å². The molecule has 9 rings (SSSR count). The molecule has 3 heteroatoms. The fourth-order valence-electron chi connectivity index (χ4n) is 6.83. The highest BCUT2D eigenvalue weighted by molar-refractivity contribution is 6.06. The highest BCUT2D eigenvalue weighted by Crippen LogP contribution is 2.37. The first-order chi connectivity index (χ1) is 23.8. The average Bonchev–Trinajstić information content (AvgIpc) is 3.17. The molecule has 0 N–H and O–H groups in total. The molecule has 0 bridgehead atoms. The van der Waals surface area contributed by atoms with Crippen LogP contribution in [0.5, 0.6) is 0 Å². The lowest BCUT2D eigenvalue weighted by Crippen LogP contribution is -2.00. The van der Waals surface area contributed by atoms with Crippen LogP contribution in [0.15, 0.2) is 176 Å². The van der Waals surface area contributed by atoms with Gasteiger partial charge in [-0.3, -0.25) is 0 Å². The van der Waals surface area contributed by atoms with Gasteiger partial charge < -0.3 is 0 Å². The summed E-state index contributed by atoms with van der Waals surface area (Å²) >= 11 is 0. The summed E-state index contributed by atoms with van der Waals surface area (Å²) in [4.78, 5) is 15.3. The minimum atomic E-state index is 0.646. The average molecular weight is 612 g/mol. The Balaban J connectivity index is 1.22. The molecule has 0 amide bonds. The minimum Gasteiger partial charge on any atom is -0.208 e. The van der Waals surface area contributed by atoms with Gasteiger partial charge in [0, 0.05) is 16.7 Å². The molecule has 3 nitrogen and oxygen atoms in total. The van der Waals surface area contributed by atoms with Gasteiger partial charge >= 0.3 is 0 Å². The molecule has 0 aliphatic heterocycles. The van der Waals surface area contributed by atoms with Crippen LogP contribution in [-0.2, 0) is 0 Å². The number of hydrogen-bond donors (Lipinski definition) is 0. The molecule has 0 fully saturated rings. The van der Waals surface area contributed by atoms with Crippen LogP contribution in [0.25, 0.3) is 88.7 Å². The van der Waals surface area contributed by atoms with Gasteiger partial charge in [-0.1, -0.05) is 170 Å². The highest BCUT2D eigenvalue weighted by Gasteiger charge is 2.16.